The summed E-state index contributed by atoms with van der Waals surface area (Å²) in [7, 11) is 0. The van der Waals surface area contributed by atoms with E-state index in [2.05, 4.69) is 72.7 Å². The summed E-state index contributed by atoms with van der Waals surface area (Å²) in [5, 5.41) is 9.24. The fourth-order valence-corrected chi connectivity index (χ4v) is 4.23. The van der Waals surface area contributed by atoms with Crippen molar-refractivity contribution >= 4 is 28.2 Å². The highest BCUT2D eigenvalue weighted by Gasteiger charge is 2.07. The van der Waals surface area contributed by atoms with Crippen LogP contribution in [0, 0.1) is 20.8 Å². The van der Waals surface area contributed by atoms with Crippen molar-refractivity contribution in [1.82, 2.24) is 20.6 Å². The van der Waals surface area contributed by atoms with Gasteiger partial charge in [-0.15, -0.1) is 11.3 Å². The molecule has 0 bridgehead atoms. The van der Waals surface area contributed by atoms with Crippen LogP contribution in [0.15, 0.2) is 29.4 Å². The first-order chi connectivity index (χ1) is 13.1. The maximum atomic E-state index is 4.72. The van der Waals surface area contributed by atoms with Gasteiger partial charge in [-0.25, -0.2) is 4.98 Å². The Morgan fingerprint density at radius 2 is 2.04 bits per heavy atom. The van der Waals surface area contributed by atoms with Crippen LogP contribution >= 0.6 is 11.3 Å². The van der Waals surface area contributed by atoms with E-state index in [4.69, 9.17) is 4.99 Å². The fourth-order valence-electron chi connectivity index (χ4n) is 3.30. The summed E-state index contributed by atoms with van der Waals surface area (Å²) in [4.78, 5) is 13.9. The number of benzene rings is 1. The number of para-hydroxylation sites is 1. The van der Waals surface area contributed by atoms with Crippen molar-refractivity contribution in [2.75, 3.05) is 19.6 Å². The molecule has 0 aliphatic heterocycles. The molecule has 0 aliphatic rings. The van der Waals surface area contributed by atoms with Gasteiger partial charge < -0.3 is 15.6 Å². The normalized spacial score (nSPS) is 11.9. The van der Waals surface area contributed by atoms with E-state index in [0.29, 0.717) is 0 Å². The Morgan fingerprint density at radius 3 is 2.78 bits per heavy atom. The number of H-pyrrole nitrogens is 1. The van der Waals surface area contributed by atoms with E-state index in [0.717, 1.165) is 49.1 Å². The Hall–Kier alpha value is -2.34. The molecule has 2 heterocycles. The molecule has 0 saturated carbocycles. The molecule has 27 heavy (non-hydrogen) atoms. The largest absolute Gasteiger partial charge is 0.361 e. The second-order valence-electron chi connectivity index (χ2n) is 6.74. The van der Waals surface area contributed by atoms with Crippen LogP contribution in [0.3, 0.4) is 0 Å². The Labute approximate surface area is 165 Å². The Bertz CT molecular complexity index is 922. The molecule has 6 heteroatoms. The number of fused-ring (bicyclic) bond motifs is 1. The second kappa shape index (κ2) is 9.04. The minimum Gasteiger partial charge on any atom is -0.361 e. The van der Waals surface area contributed by atoms with E-state index < -0.39 is 0 Å². The predicted molar refractivity (Wildman–Crippen MR) is 116 cm³/mol. The minimum atomic E-state index is 0.768. The van der Waals surface area contributed by atoms with Gasteiger partial charge in [-0.05, 0) is 45.2 Å². The Kier molecular flexibility index (Phi) is 6.50. The van der Waals surface area contributed by atoms with Gasteiger partial charge in [-0.3, -0.25) is 4.99 Å². The zero-order valence-electron chi connectivity index (χ0n) is 16.6. The monoisotopic (exact) mass is 383 g/mol. The summed E-state index contributed by atoms with van der Waals surface area (Å²) in [6.07, 6.45) is 4.02. The van der Waals surface area contributed by atoms with Crippen LogP contribution in [0.2, 0.25) is 0 Å². The van der Waals surface area contributed by atoms with Gasteiger partial charge in [0.1, 0.15) is 0 Å². The zero-order valence-corrected chi connectivity index (χ0v) is 17.5. The Morgan fingerprint density at radius 1 is 1.19 bits per heavy atom. The molecule has 3 N–H and O–H groups in total. The van der Waals surface area contributed by atoms with Crippen LogP contribution in [0.25, 0.3) is 10.9 Å². The van der Waals surface area contributed by atoms with Crippen molar-refractivity contribution in [3.63, 3.8) is 0 Å². The quantitative estimate of drug-likeness (QED) is 0.428. The lowest BCUT2D eigenvalue weighted by molar-refractivity contribution is 0.799. The lowest BCUT2D eigenvalue weighted by Gasteiger charge is -2.11. The predicted octanol–water partition coefficient (Wildman–Crippen LogP) is 3.89. The van der Waals surface area contributed by atoms with Gasteiger partial charge in [0.15, 0.2) is 5.96 Å². The molecule has 1 aromatic carbocycles. The van der Waals surface area contributed by atoms with Gasteiger partial charge in [0.2, 0.25) is 0 Å². The fraction of sp³-hybridized carbons (Fsp3) is 0.429. The molecule has 0 spiro atoms. The number of nitrogens with one attached hydrogen (secondary N) is 3. The number of rotatable bonds is 7. The van der Waals surface area contributed by atoms with Crippen LogP contribution in [-0.2, 0) is 12.8 Å². The molecule has 0 aliphatic carbocycles. The molecule has 144 valence electrons. The van der Waals surface area contributed by atoms with Gasteiger partial charge >= 0.3 is 0 Å². The van der Waals surface area contributed by atoms with Crippen LogP contribution in [-0.4, -0.2) is 35.6 Å². The third-order valence-electron chi connectivity index (χ3n) is 4.65. The van der Waals surface area contributed by atoms with Crippen molar-refractivity contribution in [3.05, 3.63) is 51.1 Å². The highest BCUT2D eigenvalue weighted by atomic mass is 32.1. The number of thiazole rings is 1. The van der Waals surface area contributed by atoms with Crippen molar-refractivity contribution in [1.29, 1.82) is 0 Å². The molecule has 0 amide bonds. The number of hydrogen-bond donors (Lipinski definition) is 3. The van der Waals surface area contributed by atoms with Gasteiger partial charge in [-0.2, -0.15) is 0 Å². The lowest BCUT2D eigenvalue weighted by atomic mass is 10.1. The van der Waals surface area contributed by atoms with E-state index in [9.17, 15) is 0 Å². The van der Waals surface area contributed by atoms with Crippen molar-refractivity contribution < 1.29 is 0 Å². The Balaban J connectivity index is 1.56. The number of aromatic amines is 1. The van der Waals surface area contributed by atoms with Gasteiger partial charge in [0, 0.05) is 48.0 Å². The average molecular weight is 384 g/mol. The van der Waals surface area contributed by atoms with Crippen LogP contribution in [0.1, 0.15) is 33.6 Å². The number of nitrogens with zero attached hydrogens (tertiary/aromatic N) is 2. The van der Waals surface area contributed by atoms with Crippen LogP contribution in [0.5, 0.6) is 0 Å². The number of aliphatic imine (C=N–C) groups is 1. The van der Waals surface area contributed by atoms with E-state index in [1.807, 2.05) is 0 Å². The molecular weight excluding hydrogens is 354 g/mol. The number of aryl methyl sites for hydroxylation is 3. The smallest absolute Gasteiger partial charge is 0.191 e. The molecule has 3 aromatic rings. The highest BCUT2D eigenvalue weighted by molar-refractivity contribution is 7.11. The van der Waals surface area contributed by atoms with E-state index in [-0.39, 0.29) is 0 Å². The van der Waals surface area contributed by atoms with Crippen LogP contribution in [0.4, 0.5) is 0 Å². The molecule has 0 atom stereocenters. The lowest BCUT2D eigenvalue weighted by Crippen LogP contribution is -2.38. The number of aromatic nitrogens is 2. The van der Waals surface area contributed by atoms with Crippen molar-refractivity contribution in [2.45, 2.75) is 40.5 Å². The molecule has 0 saturated heterocycles. The first kappa shape index (κ1) is 19.4. The van der Waals surface area contributed by atoms with E-state index in [1.165, 1.54) is 26.9 Å². The topological polar surface area (TPSA) is 65.1 Å². The van der Waals surface area contributed by atoms with Gasteiger partial charge in [0.25, 0.3) is 0 Å². The van der Waals surface area contributed by atoms with Crippen molar-refractivity contribution in [3.8, 4) is 0 Å². The van der Waals surface area contributed by atoms with Crippen LogP contribution < -0.4 is 10.6 Å². The first-order valence-electron chi connectivity index (χ1n) is 9.59. The summed E-state index contributed by atoms with van der Waals surface area (Å²) in [6, 6.07) is 6.45. The molecule has 0 fully saturated rings. The zero-order chi connectivity index (χ0) is 19.2. The summed E-state index contributed by atoms with van der Waals surface area (Å²) in [6.45, 7) is 10.9. The first-order valence-corrected chi connectivity index (χ1v) is 10.4. The highest BCUT2D eigenvalue weighted by Crippen LogP contribution is 2.21. The minimum absolute atomic E-state index is 0.768. The maximum Gasteiger partial charge on any atom is 0.191 e. The molecule has 0 radical (unpaired) electrons. The standard InChI is InChI=1S/C21H29N5S/c1-5-22-21(24-12-10-19-15(3)26-16(4)27-19)23-11-9-17-13-25-20-14(2)7-6-8-18(17)20/h6-8,13,25H,5,9-12H2,1-4H3,(H2,22,23,24). The molecule has 5 nitrogen and oxygen atoms in total. The van der Waals surface area contributed by atoms with Crippen molar-refractivity contribution in [2.24, 2.45) is 4.99 Å². The molecule has 2 aromatic heterocycles. The van der Waals surface area contributed by atoms with Gasteiger partial charge in [-0.1, -0.05) is 18.2 Å². The third kappa shape index (κ3) is 4.89. The van der Waals surface area contributed by atoms with E-state index in [1.54, 1.807) is 11.3 Å². The SMILES string of the molecule is CCNC(=NCCc1sc(C)nc1C)NCCc1c[nH]c2c(C)cccc12. The molecular formula is C21H29N5S. The van der Waals surface area contributed by atoms with Gasteiger partial charge in [0.05, 0.1) is 10.7 Å². The second-order valence-corrected chi connectivity index (χ2v) is 8.03. The number of hydrogen-bond acceptors (Lipinski definition) is 3. The summed E-state index contributed by atoms with van der Waals surface area (Å²) in [5.74, 6) is 0.882. The van der Waals surface area contributed by atoms with E-state index >= 15 is 0 Å². The third-order valence-corrected chi connectivity index (χ3v) is 5.78. The summed E-state index contributed by atoms with van der Waals surface area (Å²) < 4.78 is 0. The summed E-state index contributed by atoms with van der Waals surface area (Å²) >= 11 is 1.77. The molecule has 3 rings (SSSR count). The average Bonchev–Trinajstić information content (AvgIpc) is 3.19. The summed E-state index contributed by atoms with van der Waals surface area (Å²) in [5.41, 5.74) is 5.01. The number of guanidine groups is 1. The maximum absolute atomic E-state index is 4.72. The molecule has 0 unspecified atom stereocenters.